The van der Waals surface area contributed by atoms with Crippen LogP contribution in [0.1, 0.15) is 39.4 Å². The van der Waals surface area contributed by atoms with Gasteiger partial charge in [-0.1, -0.05) is 0 Å². The molecule has 0 spiro atoms. The van der Waals surface area contributed by atoms with Gasteiger partial charge in [0.1, 0.15) is 17.2 Å². The molecule has 2 N–H and O–H groups in total. The zero-order chi connectivity index (χ0) is 17.0. The van der Waals surface area contributed by atoms with Crippen molar-refractivity contribution in [3.8, 4) is 0 Å². The molecule has 0 atom stereocenters. The van der Waals surface area contributed by atoms with Gasteiger partial charge in [0, 0.05) is 6.42 Å². The minimum atomic E-state index is -0.558. The lowest BCUT2D eigenvalue weighted by atomic mass is 10.2. The largest absolute Gasteiger partial charge is 0.460 e. The smallest absolute Gasteiger partial charge is 0.306 e. The zero-order valence-corrected chi connectivity index (χ0v) is 13.4. The van der Waals surface area contributed by atoms with E-state index in [1.165, 1.54) is 12.1 Å². The molecule has 0 bridgehead atoms. The van der Waals surface area contributed by atoms with Crippen LogP contribution in [0.25, 0.3) is 11.0 Å². The van der Waals surface area contributed by atoms with Gasteiger partial charge in [-0.05, 0) is 39.0 Å². The Labute approximate surface area is 133 Å². The first-order chi connectivity index (χ1) is 10.7. The van der Waals surface area contributed by atoms with Crippen molar-refractivity contribution in [3.63, 3.8) is 0 Å². The van der Waals surface area contributed by atoms with E-state index in [9.17, 15) is 14.0 Å². The van der Waals surface area contributed by atoms with Crippen LogP contribution in [0.3, 0.4) is 0 Å². The van der Waals surface area contributed by atoms with Crippen molar-refractivity contribution in [1.29, 1.82) is 0 Å². The lowest BCUT2D eigenvalue weighted by Crippen LogP contribution is -2.27. The highest BCUT2D eigenvalue weighted by Gasteiger charge is 2.17. The van der Waals surface area contributed by atoms with Gasteiger partial charge in [-0.3, -0.25) is 9.59 Å². The number of nitrogens with zero attached hydrogens (tertiary/aromatic N) is 1. The number of benzene rings is 1. The maximum Gasteiger partial charge on any atom is 0.306 e. The SMILES string of the molecule is CC(C)(C)OC(=O)CCC(=O)NCc1nc2ccc(F)cc2[nH]1. The number of hydrogen-bond donors (Lipinski definition) is 2. The molecule has 0 fully saturated rings. The van der Waals surface area contributed by atoms with Gasteiger partial charge >= 0.3 is 5.97 Å². The molecule has 2 aromatic rings. The molecule has 0 unspecified atom stereocenters. The Balaban J connectivity index is 1.80. The minimum Gasteiger partial charge on any atom is -0.460 e. The first kappa shape index (κ1) is 16.9. The summed E-state index contributed by atoms with van der Waals surface area (Å²) in [5.41, 5.74) is 0.643. The molecule has 23 heavy (non-hydrogen) atoms. The Kier molecular flexibility index (Phi) is 4.98. The fourth-order valence-electron chi connectivity index (χ4n) is 2.00. The summed E-state index contributed by atoms with van der Waals surface area (Å²) < 4.78 is 18.2. The van der Waals surface area contributed by atoms with Crippen LogP contribution in [0.15, 0.2) is 18.2 Å². The molecule has 0 aliphatic rings. The Morgan fingerprint density at radius 3 is 2.74 bits per heavy atom. The number of amides is 1. The Bertz CT molecular complexity index is 719. The number of ether oxygens (including phenoxy) is 1. The van der Waals surface area contributed by atoms with Gasteiger partial charge in [0.05, 0.1) is 24.0 Å². The van der Waals surface area contributed by atoms with Crippen LogP contribution in [-0.2, 0) is 20.9 Å². The number of aromatic nitrogens is 2. The molecule has 7 heteroatoms. The monoisotopic (exact) mass is 321 g/mol. The number of carbonyl (C=O) groups is 2. The number of rotatable bonds is 5. The predicted molar refractivity (Wildman–Crippen MR) is 83.0 cm³/mol. The number of H-pyrrole nitrogens is 1. The summed E-state index contributed by atoms with van der Waals surface area (Å²) in [6.45, 7) is 5.50. The van der Waals surface area contributed by atoms with Crippen molar-refractivity contribution in [2.24, 2.45) is 0 Å². The first-order valence-corrected chi connectivity index (χ1v) is 7.35. The van der Waals surface area contributed by atoms with Crippen LogP contribution in [0.2, 0.25) is 0 Å². The number of fused-ring (bicyclic) bond motifs is 1. The van der Waals surface area contributed by atoms with E-state index in [1.807, 2.05) is 0 Å². The molecule has 1 amide bonds. The second kappa shape index (κ2) is 6.76. The number of esters is 1. The summed E-state index contributed by atoms with van der Waals surface area (Å²) in [6.07, 6.45) is 0.0677. The molecule has 1 aromatic carbocycles. The van der Waals surface area contributed by atoms with Crippen molar-refractivity contribution < 1.29 is 18.7 Å². The second-order valence-electron chi connectivity index (χ2n) is 6.21. The van der Waals surface area contributed by atoms with Gasteiger partial charge < -0.3 is 15.0 Å². The molecule has 1 heterocycles. The molecule has 0 saturated carbocycles. The van der Waals surface area contributed by atoms with Crippen molar-refractivity contribution in [3.05, 3.63) is 29.8 Å². The summed E-state index contributed by atoms with van der Waals surface area (Å²) in [5.74, 6) is -0.514. The highest BCUT2D eigenvalue weighted by Crippen LogP contribution is 2.13. The fraction of sp³-hybridized carbons (Fsp3) is 0.438. The van der Waals surface area contributed by atoms with E-state index in [0.717, 1.165) is 0 Å². The number of nitrogens with one attached hydrogen (secondary N) is 2. The molecule has 124 valence electrons. The van der Waals surface area contributed by atoms with Crippen LogP contribution >= 0.6 is 0 Å². The maximum absolute atomic E-state index is 13.1. The average molecular weight is 321 g/mol. The van der Waals surface area contributed by atoms with Gasteiger partial charge in [-0.2, -0.15) is 0 Å². The summed E-state index contributed by atoms with van der Waals surface area (Å²) in [5, 5.41) is 2.66. The third kappa shape index (κ3) is 5.36. The van der Waals surface area contributed by atoms with Crippen molar-refractivity contribution in [2.45, 2.75) is 45.8 Å². The van der Waals surface area contributed by atoms with Crippen molar-refractivity contribution in [1.82, 2.24) is 15.3 Å². The lowest BCUT2D eigenvalue weighted by Gasteiger charge is -2.19. The van der Waals surface area contributed by atoms with E-state index in [1.54, 1.807) is 26.8 Å². The standard InChI is InChI=1S/C16H20FN3O3/c1-16(2,3)23-15(22)7-6-14(21)18-9-13-19-11-5-4-10(17)8-12(11)20-13/h4-5,8H,6-7,9H2,1-3H3,(H,18,21)(H,19,20). The fourth-order valence-corrected chi connectivity index (χ4v) is 2.00. The number of carbonyl (C=O) groups excluding carboxylic acids is 2. The molecule has 6 nitrogen and oxygen atoms in total. The zero-order valence-electron chi connectivity index (χ0n) is 13.4. The average Bonchev–Trinajstić information content (AvgIpc) is 2.83. The van der Waals surface area contributed by atoms with Crippen LogP contribution in [0.5, 0.6) is 0 Å². The number of imidazole rings is 1. The molecule has 1 aromatic heterocycles. The molecule has 0 radical (unpaired) electrons. The highest BCUT2D eigenvalue weighted by molar-refractivity contribution is 5.81. The highest BCUT2D eigenvalue weighted by atomic mass is 19.1. The van der Waals surface area contributed by atoms with Crippen molar-refractivity contribution in [2.75, 3.05) is 0 Å². The minimum absolute atomic E-state index is 0.0223. The van der Waals surface area contributed by atoms with E-state index in [-0.39, 0.29) is 31.1 Å². The van der Waals surface area contributed by atoms with Crippen LogP contribution in [-0.4, -0.2) is 27.4 Å². The van der Waals surface area contributed by atoms with E-state index in [4.69, 9.17) is 4.74 Å². The Hall–Kier alpha value is -2.44. The topological polar surface area (TPSA) is 84.1 Å². The van der Waals surface area contributed by atoms with Gasteiger partial charge in [0.25, 0.3) is 0 Å². The number of halogens is 1. The molecular weight excluding hydrogens is 301 g/mol. The van der Waals surface area contributed by atoms with Crippen LogP contribution in [0, 0.1) is 5.82 Å². The van der Waals surface area contributed by atoms with Gasteiger partial charge in [0.2, 0.25) is 5.91 Å². The van der Waals surface area contributed by atoms with Gasteiger partial charge in [-0.15, -0.1) is 0 Å². The third-order valence-electron chi connectivity index (χ3n) is 2.92. The van der Waals surface area contributed by atoms with E-state index < -0.39 is 11.6 Å². The predicted octanol–water partition coefficient (Wildman–Crippen LogP) is 2.44. The van der Waals surface area contributed by atoms with Crippen LogP contribution < -0.4 is 5.32 Å². The molecule has 2 rings (SSSR count). The summed E-state index contributed by atoms with van der Waals surface area (Å²) in [4.78, 5) is 30.4. The summed E-state index contributed by atoms with van der Waals surface area (Å²) >= 11 is 0. The quantitative estimate of drug-likeness (QED) is 0.829. The molecular formula is C16H20FN3O3. The Morgan fingerprint density at radius 1 is 1.30 bits per heavy atom. The first-order valence-electron chi connectivity index (χ1n) is 7.35. The van der Waals surface area contributed by atoms with Crippen LogP contribution in [0.4, 0.5) is 4.39 Å². The van der Waals surface area contributed by atoms with Gasteiger partial charge in [-0.25, -0.2) is 9.37 Å². The van der Waals surface area contributed by atoms with E-state index in [0.29, 0.717) is 16.9 Å². The van der Waals surface area contributed by atoms with Gasteiger partial charge in [0.15, 0.2) is 0 Å². The molecule has 0 aliphatic heterocycles. The Morgan fingerprint density at radius 2 is 2.04 bits per heavy atom. The normalized spacial score (nSPS) is 11.5. The maximum atomic E-state index is 13.1. The van der Waals surface area contributed by atoms with E-state index in [2.05, 4.69) is 15.3 Å². The summed E-state index contributed by atoms with van der Waals surface area (Å²) in [7, 11) is 0. The van der Waals surface area contributed by atoms with E-state index >= 15 is 0 Å². The van der Waals surface area contributed by atoms with Crippen molar-refractivity contribution >= 4 is 22.9 Å². The number of hydrogen-bond acceptors (Lipinski definition) is 4. The second-order valence-corrected chi connectivity index (χ2v) is 6.21. The molecule has 0 saturated heterocycles. The molecule has 0 aliphatic carbocycles. The summed E-state index contributed by atoms with van der Waals surface area (Å²) in [6, 6.07) is 4.23. The number of aromatic amines is 1. The third-order valence-corrected chi connectivity index (χ3v) is 2.92. The lowest BCUT2D eigenvalue weighted by molar-refractivity contribution is -0.155.